The van der Waals surface area contributed by atoms with E-state index in [0.717, 1.165) is 5.56 Å². The number of ether oxygens (including phenoxy) is 1. The van der Waals surface area contributed by atoms with Crippen LogP contribution in [0.1, 0.15) is 12.0 Å². The van der Waals surface area contributed by atoms with Crippen molar-refractivity contribution in [3.8, 4) is 0 Å². The molecular formula is C14H22N2O5S. The second-order valence-electron chi connectivity index (χ2n) is 5.25. The summed E-state index contributed by atoms with van der Waals surface area (Å²) in [6.45, 7) is 2.00. The Balaban J connectivity index is 1.81. The molecule has 1 amide bonds. The third-order valence-electron chi connectivity index (χ3n) is 3.67. The van der Waals surface area contributed by atoms with Crippen molar-refractivity contribution in [2.45, 2.75) is 12.8 Å². The van der Waals surface area contributed by atoms with Gasteiger partial charge in [0, 0.05) is 39.9 Å². The van der Waals surface area contributed by atoms with E-state index in [4.69, 9.17) is 9.15 Å². The highest BCUT2D eigenvalue weighted by Gasteiger charge is 2.28. The quantitative estimate of drug-likeness (QED) is 0.673. The van der Waals surface area contributed by atoms with Crippen LogP contribution in [0.5, 0.6) is 0 Å². The van der Waals surface area contributed by atoms with Gasteiger partial charge in [-0.3, -0.25) is 4.79 Å². The van der Waals surface area contributed by atoms with E-state index in [1.165, 1.54) is 10.6 Å². The van der Waals surface area contributed by atoms with Crippen LogP contribution in [0.2, 0.25) is 0 Å². The van der Waals surface area contributed by atoms with Crippen molar-refractivity contribution in [1.29, 1.82) is 0 Å². The van der Waals surface area contributed by atoms with Crippen LogP contribution in [0.15, 0.2) is 23.0 Å². The fraction of sp³-hybridized carbons (Fsp3) is 0.643. The molecule has 0 radical (unpaired) electrons. The van der Waals surface area contributed by atoms with Gasteiger partial charge in [0.15, 0.2) is 0 Å². The number of carbonyl (C=O) groups excluding carboxylic acids is 1. The lowest BCUT2D eigenvalue weighted by molar-refractivity contribution is -0.131. The first-order valence-electron chi connectivity index (χ1n) is 7.28. The van der Waals surface area contributed by atoms with Crippen molar-refractivity contribution >= 4 is 15.9 Å². The number of rotatable bonds is 7. The van der Waals surface area contributed by atoms with Crippen molar-refractivity contribution < 1.29 is 22.4 Å². The van der Waals surface area contributed by atoms with E-state index in [-0.39, 0.29) is 18.1 Å². The number of hydrogen-bond donors (Lipinski definition) is 0. The Labute approximate surface area is 130 Å². The number of sulfonamides is 1. The van der Waals surface area contributed by atoms with Gasteiger partial charge in [0.2, 0.25) is 15.9 Å². The van der Waals surface area contributed by atoms with Crippen LogP contribution in [0.3, 0.4) is 0 Å². The molecule has 8 heteroatoms. The smallest absolute Gasteiger partial charge is 0.227 e. The van der Waals surface area contributed by atoms with Crippen molar-refractivity contribution in [1.82, 2.24) is 9.21 Å². The van der Waals surface area contributed by atoms with Crippen LogP contribution in [0.25, 0.3) is 0 Å². The predicted octanol–water partition coefficient (Wildman–Crippen LogP) is 0.333. The van der Waals surface area contributed by atoms with Gasteiger partial charge in [-0.25, -0.2) is 8.42 Å². The third kappa shape index (κ3) is 4.56. The van der Waals surface area contributed by atoms with Gasteiger partial charge in [0.1, 0.15) is 0 Å². The lowest BCUT2D eigenvalue weighted by atomic mass is 10.2. The largest absolute Gasteiger partial charge is 0.472 e. The van der Waals surface area contributed by atoms with Gasteiger partial charge in [0.05, 0.1) is 24.7 Å². The lowest BCUT2D eigenvalue weighted by Crippen LogP contribution is -2.51. The summed E-state index contributed by atoms with van der Waals surface area (Å²) in [5.74, 6) is 0.0851. The number of carbonyl (C=O) groups is 1. The summed E-state index contributed by atoms with van der Waals surface area (Å²) in [5, 5.41) is 0. The minimum Gasteiger partial charge on any atom is -0.472 e. The van der Waals surface area contributed by atoms with Gasteiger partial charge in [0.25, 0.3) is 0 Å². The minimum atomic E-state index is -3.25. The number of piperazine rings is 1. The summed E-state index contributed by atoms with van der Waals surface area (Å²) in [4.78, 5) is 13.8. The van der Waals surface area contributed by atoms with E-state index in [0.29, 0.717) is 39.2 Å². The molecule has 1 aromatic heterocycles. The number of methoxy groups -OCH3 is 1. The topological polar surface area (TPSA) is 80.1 Å². The van der Waals surface area contributed by atoms with E-state index < -0.39 is 10.0 Å². The van der Waals surface area contributed by atoms with Gasteiger partial charge in [-0.2, -0.15) is 4.31 Å². The normalized spacial score (nSPS) is 16.9. The molecule has 124 valence electrons. The van der Waals surface area contributed by atoms with Gasteiger partial charge in [-0.1, -0.05) is 0 Å². The molecule has 0 spiro atoms. The molecule has 0 unspecified atom stereocenters. The van der Waals surface area contributed by atoms with E-state index in [2.05, 4.69) is 0 Å². The Morgan fingerprint density at radius 2 is 2.05 bits per heavy atom. The first kappa shape index (κ1) is 17.0. The summed E-state index contributed by atoms with van der Waals surface area (Å²) in [6, 6.07) is 1.76. The maximum atomic E-state index is 12.1. The second-order valence-corrected chi connectivity index (χ2v) is 7.34. The van der Waals surface area contributed by atoms with Crippen LogP contribution < -0.4 is 0 Å². The maximum Gasteiger partial charge on any atom is 0.227 e. The van der Waals surface area contributed by atoms with Crippen molar-refractivity contribution in [2.75, 3.05) is 45.6 Å². The monoisotopic (exact) mass is 330 g/mol. The number of hydrogen-bond acceptors (Lipinski definition) is 5. The fourth-order valence-corrected chi connectivity index (χ4v) is 3.87. The zero-order valence-electron chi connectivity index (χ0n) is 12.7. The summed E-state index contributed by atoms with van der Waals surface area (Å²) in [6.07, 6.45) is 3.86. The van der Waals surface area contributed by atoms with Crippen LogP contribution >= 0.6 is 0 Å². The molecule has 1 saturated heterocycles. The lowest BCUT2D eigenvalue weighted by Gasteiger charge is -2.34. The van der Waals surface area contributed by atoms with E-state index >= 15 is 0 Å². The Morgan fingerprint density at radius 1 is 1.32 bits per heavy atom. The maximum absolute atomic E-state index is 12.1. The van der Waals surface area contributed by atoms with E-state index in [1.54, 1.807) is 24.3 Å². The highest BCUT2D eigenvalue weighted by Crippen LogP contribution is 2.11. The third-order valence-corrected chi connectivity index (χ3v) is 5.63. The standard InChI is InChI=1S/C14H22N2O5S/c1-20-8-2-10-22(18,19)16-6-4-15(5-7-16)14(17)11-13-3-9-21-12-13/h3,9,12H,2,4-8,10-11H2,1H3. The summed E-state index contributed by atoms with van der Waals surface area (Å²) in [5.41, 5.74) is 0.833. The number of amides is 1. The van der Waals surface area contributed by atoms with Crippen molar-refractivity contribution in [3.63, 3.8) is 0 Å². The van der Waals surface area contributed by atoms with Crippen LogP contribution in [0.4, 0.5) is 0 Å². The average Bonchev–Trinajstić information content (AvgIpc) is 3.00. The minimum absolute atomic E-state index is 0.00201. The molecule has 2 heterocycles. The average molecular weight is 330 g/mol. The zero-order chi connectivity index (χ0) is 16.0. The van der Waals surface area contributed by atoms with Crippen molar-refractivity contribution in [3.05, 3.63) is 24.2 Å². The molecule has 1 aliphatic rings. The number of furan rings is 1. The van der Waals surface area contributed by atoms with Crippen LogP contribution in [-0.4, -0.2) is 69.2 Å². The zero-order valence-corrected chi connectivity index (χ0v) is 13.5. The van der Waals surface area contributed by atoms with Gasteiger partial charge < -0.3 is 14.1 Å². The predicted molar refractivity (Wildman–Crippen MR) is 80.8 cm³/mol. The molecule has 1 aromatic rings. The summed E-state index contributed by atoms with van der Waals surface area (Å²) >= 11 is 0. The Hall–Kier alpha value is -1.38. The molecule has 1 fully saturated rings. The summed E-state index contributed by atoms with van der Waals surface area (Å²) < 4.78 is 35.6. The van der Waals surface area contributed by atoms with Gasteiger partial charge in [-0.15, -0.1) is 0 Å². The molecule has 0 atom stereocenters. The van der Waals surface area contributed by atoms with Crippen LogP contribution in [-0.2, 0) is 26.0 Å². The molecule has 2 rings (SSSR count). The molecular weight excluding hydrogens is 308 g/mol. The van der Waals surface area contributed by atoms with Gasteiger partial charge in [-0.05, 0) is 18.1 Å². The highest BCUT2D eigenvalue weighted by atomic mass is 32.2. The SMILES string of the molecule is COCCCS(=O)(=O)N1CCN(C(=O)Cc2ccoc2)CC1. The molecule has 22 heavy (non-hydrogen) atoms. The van der Waals surface area contributed by atoms with Crippen LogP contribution in [0, 0.1) is 0 Å². The Kier molecular flexibility index (Phi) is 5.98. The highest BCUT2D eigenvalue weighted by molar-refractivity contribution is 7.89. The number of nitrogens with zero attached hydrogens (tertiary/aromatic N) is 2. The molecule has 0 N–H and O–H groups in total. The van der Waals surface area contributed by atoms with Crippen molar-refractivity contribution in [2.24, 2.45) is 0 Å². The molecule has 1 aliphatic heterocycles. The molecule has 7 nitrogen and oxygen atoms in total. The molecule has 0 aromatic carbocycles. The molecule has 0 aliphatic carbocycles. The Bertz CT molecular complexity index is 562. The molecule has 0 saturated carbocycles. The fourth-order valence-electron chi connectivity index (χ4n) is 2.41. The Morgan fingerprint density at radius 3 is 2.64 bits per heavy atom. The van der Waals surface area contributed by atoms with Gasteiger partial charge >= 0.3 is 0 Å². The first-order chi connectivity index (χ1) is 10.5. The van der Waals surface area contributed by atoms with E-state index in [9.17, 15) is 13.2 Å². The second kappa shape index (κ2) is 7.75. The van der Waals surface area contributed by atoms with E-state index in [1.807, 2.05) is 0 Å². The summed E-state index contributed by atoms with van der Waals surface area (Å²) in [7, 11) is -1.70. The molecule has 0 bridgehead atoms. The first-order valence-corrected chi connectivity index (χ1v) is 8.89.